The van der Waals surface area contributed by atoms with Crippen molar-refractivity contribution in [2.24, 2.45) is 11.7 Å². The van der Waals surface area contributed by atoms with Crippen LogP contribution in [-0.4, -0.2) is 18.6 Å². The van der Waals surface area contributed by atoms with Crippen LogP contribution < -0.4 is 11.1 Å². The first-order valence-corrected chi connectivity index (χ1v) is 7.21. The van der Waals surface area contributed by atoms with E-state index in [4.69, 9.17) is 5.73 Å². The SMILES string of the molecule is CC(Cc1ccsc1)NC1CCCC1CN. The lowest BCUT2D eigenvalue weighted by Gasteiger charge is -2.24. The van der Waals surface area contributed by atoms with Crippen LogP contribution in [0.1, 0.15) is 31.7 Å². The molecule has 3 unspecified atom stereocenters. The molecule has 16 heavy (non-hydrogen) atoms. The van der Waals surface area contributed by atoms with Crippen molar-refractivity contribution in [1.82, 2.24) is 5.32 Å². The molecule has 3 heteroatoms. The summed E-state index contributed by atoms with van der Waals surface area (Å²) in [5.74, 6) is 0.699. The van der Waals surface area contributed by atoms with Gasteiger partial charge in [0.15, 0.2) is 0 Å². The quantitative estimate of drug-likeness (QED) is 0.826. The third-order valence-corrected chi connectivity index (χ3v) is 4.31. The Kier molecular flexibility index (Phi) is 4.38. The van der Waals surface area contributed by atoms with Gasteiger partial charge in [0.05, 0.1) is 0 Å². The van der Waals surface area contributed by atoms with Crippen molar-refractivity contribution < 1.29 is 0 Å². The van der Waals surface area contributed by atoms with Gasteiger partial charge in [-0.3, -0.25) is 0 Å². The van der Waals surface area contributed by atoms with Gasteiger partial charge in [0.2, 0.25) is 0 Å². The standard InChI is InChI=1S/C13H22N2S/c1-10(7-11-5-6-16-9-11)15-13-4-2-3-12(13)8-14/h5-6,9-10,12-13,15H,2-4,7-8,14H2,1H3. The predicted molar refractivity (Wildman–Crippen MR) is 70.8 cm³/mol. The molecule has 2 rings (SSSR count). The van der Waals surface area contributed by atoms with Crippen molar-refractivity contribution in [3.8, 4) is 0 Å². The summed E-state index contributed by atoms with van der Waals surface area (Å²) in [5, 5.41) is 8.14. The summed E-state index contributed by atoms with van der Waals surface area (Å²) in [6.45, 7) is 3.12. The molecule has 90 valence electrons. The Morgan fingerprint density at radius 3 is 3.12 bits per heavy atom. The van der Waals surface area contributed by atoms with E-state index < -0.39 is 0 Å². The Hall–Kier alpha value is -0.380. The van der Waals surface area contributed by atoms with Crippen molar-refractivity contribution >= 4 is 11.3 Å². The number of thiophene rings is 1. The Balaban J connectivity index is 1.80. The lowest BCUT2D eigenvalue weighted by Crippen LogP contribution is -2.42. The van der Waals surface area contributed by atoms with Crippen molar-refractivity contribution in [2.75, 3.05) is 6.54 Å². The van der Waals surface area contributed by atoms with E-state index in [0.29, 0.717) is 18.0 Å². The second kappa shape index (κ2) is 5.80. The maximum absolute atomic E-state index is 5.80. The van der Waals surface area contributed by atoms with Crippen LogP contribution in [0.3, 0.4) is 0 Å². The van der Waals surface area contributed by atoms with Crippen molar-refractivity contribution in [1.29, 1.82) is 0 Å². The zero-order valence-corrected chi connectivity index (χ0v) is 10.8. The minimum Gasteiger partial charge on any atom is -0.330 e. The van der Waals surface area contributed by atoms with Crippen LogP contribution in [0.4, 0.5) is 0 Å². The molecule has 1 aromatic rings. The van der Waals surface area contributed by atoms with Gasteiger partial charge in [-0.2, -0.15) is 11.3 Å². The van der Waals surface area contributed by atoms with Crippen molar-refractivity contribution in [2.45, 2.75) is 44.7 Å². The topological polar surface area (TPSA) is 38.0 Å². The average molecular weight is 238 g/mol. The predicted octanol–water partition coefficient (Wildman–Crippen LogP) is 2.40. The van der Waals surface area contributed by atoms with E-state index in [9.17, 15) is 0 Å². The van der Waals surface area contributed by atoms with E-state index in [1.54, 1.807) is 11.3 Å². The first kappa shape index (κ1) is 12.1. The van der Waals surface area contributed by atoms with Gasteiger partial charge >= 0.3 is 0 Å². The fraction of sp³-hybridized carbons (Fsp3) is 0.692. The van der Waals surface area contributed by atoms with Crippen LogP contribution in [-0.2, 0) is 6.42 Å². The minimum absolute atomic E-state index is 0.562. The van der Waals surface area contributed by atoms with Crippen LogP contribution in [0.5, 0.6) is 0 Å². The van der Waals surface area contributed by atoms with Crippen molar-refractivity contribution in [3.05, 3.63) is 22.4 Å². The molecule has 0 aromatic carbocycles. The van der Waals surface area contributed by atoms with Crippen molar-refractivity contribution in [3.63, 3.8) is 0 Å². The van der Waals surface area contributed by atoms with Crippen LogP contribution in [0.15, 0.2) is 16.8 Å². The number of rotatable bonds is 5. The van der Waals surface area contributed by atoms with Gasteiger partial charge in [-0.1, -0.05) is 6.42 Å². The number of hydrogen-bond donors (Lipinski definition) is 2. The van der Waals surface area contributed by atoms with E-state index >= 15 is 0 Å². The summed E-state index contributed by atoms with van der Waals surface area (Å²) in [5.41, 5.74) is 7.25. The number of nitrogens with two attached hydrogens (primary N) is 1. The van der Waals surface area contributed by atoms with Gasteiger partial charge in [-0.05, 0) is 61.0 Å². The molecule has 1 heterocycles. The molecule has 0 spiro atoms. The first-order chi connectivity index (χ1) is 7.79. The molecule has 1 fully saturated rings. The van der Waals surface area contributed by atoms with Gasteiger partial charge in [-0.25, -0.2) is 0 Å². The zero-order valence-electron chi connectivity index (χ0n) is 9.99. The molecule has 0 bridgehead atoms. The van der Waals surface area contributed by atoms with E-state index in [0.717, 1.165) is 13.0 Å². The Morgan fingerprint density at radius 1 is 1.56 bits per heavy atom. The molecule has 0 amide bonds. The Morgan fingerprint density at radius 2 is 2.44 bits per heavy atom. The molecule has 0 aliphatic heterocycles. The Bertz CT molecular complexity index is 297. The van der Waals surface area contributed by atoms with Crippen LogP contribution in [0.25, 0.3) is 0 Å². The van der Waals surface area contributed by atoms with Gasteiger partial charge in [0.25, 0.3) is 0 Å². The highest BCUT2D eigenvalue weighted by molar-refractivity contribution is 7.07. The maximum Gasteiger partial charge on any atom is 0.0110 e. The van der Waals surface area contributed by atoms with E-state index in [1.807, 2.05) is 0 Å². The molecular weight excluding hydrogens is 216 g/mol. The van der Waals surface area contributed by atoms with Crippen LogP contribution in [0, 0.1) is 5.92 Å². The summed E-state index contributed by atoms with van der Waals surface area (Å²) in [6, 6.07) is 3.43. The Labute approximate surface area is 102 Å². The highest BCUT2D eigenvalue weighted by Gasteiger charge is 2.26. The molecule has 1 aliphatic carbocycles. The second-order valence-electron chi connectivity index (χ2n) is 4.94. The third kappa shape index (κ3) is 3.06. The normalized spacial score (nSPS) is 27.1. The summed E-state index contributed by atoms with van der Waals surface area (Å²) >= 11 is 1.78. The molecular formula is C13H22N2S. The molecule has 1 aliphatic rings. The van der Waals surface area contributed by atoms with Gasteiger partial charge in [0, 0.05) is 12.1 Å². The van der Waals surface area contributed by atoms with Crippen LogP contribution in [0.2, 0.25) is 0 Å². The number of nitrogens with one attached hydrogen (secondary N) is 1. The molecule has 3 atom stereocenters. The molecule has 2 nitrogen and oxygen atoms in total. The minimum atomic E-state index is 0.562. The maximum atomic E-state index is 5.80. The summed E-state index contributed by atoms with van der Waals surface area (Å²) in [7, 11) is 0. The van der Waals surface area contributed by atoms with Crippen LogP contribution >= 0.6 is 11.3 Å². The molecule has 0 saturated heterocycles. The molecule has 3 N–H and O–H groups in total. The zero-order chi connectivity index (χ0) is 11.4. The third-order valence-electron chi connectivity index (χ3n) is 3.58. The van der Waals surface area contributed by atoms with E-state index in [1.165, 1.54) is 24.8 Å². The lowest BCUT2D eigenvalue weighted by molar-refractivity contribution is 0.368. The van der Waals surface area contributed by atoms with E-state index in [2.05, 4.69) is 29.1 Å². The average Bonchev–Trinajstić information content (AvgIpc) is 2.88. The fourth-order valence-corrected chi connectivity index (χ4v) is 3.41. The second-order valence-corrected chi connectivity index (χ2v) is 5.72. The molecule has 0 radical (unpaired) electrons. The van der Waals surface area contributed by atoms with E-state index in [-0.39, 0.29) is 0 Å². The highest BCUT2D eigenvalue weighted by atomic mass is 32.1. The highest BCUT2D eigenvalue weighted by Crippen LogP contribution is 2.25. The molecule has 1 aromatic heterocycles. The number of hydrogen-bond acceptors (Lipinski definition) is 3. The summed E-state index contributed by atoms with van der Waals surface area (Å²) in [4.78, 5) is 0. The summed E-state index contributed by atoms with van der Waals surface area (Å²) in [6.07, 6.45) is 5.08. The molecule has 1 saturated carbocycles. The van der Waals surface area contributed by atoms with Gasteiger partial charge in [0.1, 0.15) is 0 Å². The summed E-state index contributed by atoms with van der Waals surface area (Å²) < 4.78 is 0. The van der Waals surface area contributed by atoms with Gasteiger partial charge in [-0.15, -0.1) is 0 Å². The monoisotopic (exact) mass is 238 g/mol. The fourth-order valence-electron chi connectivity index (χ4n) is 2.73. The largest absolute Gasteiger partial charge is 0.330 e. The van der Waals surface area contributed by atoms with Gasteiger partial charge < -0.3 is 11.1 Å². The lowest BCUT2D eigenvalue weighted by atomic mass is 10.0. The first-order valence-electron chi connectivity index (χ1n) is 6.26. The smallest absolute Gasteiger partial charge is 0.0110 e.